The van der Waals surface area contributed by atoms with Gasteiger partial charge in [-0.2, -0.15) is 0 Å². The van der Waals surface area contributed by atoms with Gasteiger partial charge in [0, 0.05) is 37.8 Å². The maximum absolute atomic E-state index is 16.2. The van der Waals surface area contributed by atoms with Crippen molar-refractivity contribution < 1.29 is 27.7 Å². The Morgan fingerprint density at radius 3 is 2.44 bits per heavy atom. The van der Waals surface area contributed by atoms with E-state index >= 15 is 4.39 Å². The minimum atomic E-state index is -0.926. The summed E-state index contributed by atoms with van der Waals surface area (Å²) >= 11 is 10.1. The second-order valence-electron chi connectivity index (χ2n) is 14.3. The van der Waals surface area contributed by atoms with Crippen molar-refractivity contribution in [3.05, 3.63) is 117 Å². The molecule has 5 heterocycles. The quantitative estimate of drug-likeness (QED) is 0.141. The molecule has 4 aromatic rings. The summed E-state index contributed by atoms with van der Waals surface area (Å²) in [4.78, 5) is 16.2. The second-order valence-corrected chi connectivity index (χ2v) is 15.5. The van der Waals surface area contributed by atoms with E-state index in [1.54, 1.807) is 26.6 Å². The third kappa shape index (κ3) is 7.18. The number of alkyl halides is 1. The molecule has 14 heteroatoms. The van der Waals surface area contributed by atoms with Crippen molar-refractivity contribution in [1.29, 1.82) is 0 Å². The highest BCUT2D eigenvalue weighted by Crippen LogP contribution is 2.48. The van der Waals surface area contributed by atoms with Crippen LogP contribution >= 0.6 is 27.5 Å². The summed E-state index contributed by atoms with van der Waals surface area (Å²) in [6.45, 7) is 4.72. The van der Waals surface area contributed by atoms with Gasteiger partial charge in [-0.3, -0.25) is 4.90 Å². The molecule has 4 aliphatic heterocycles. The monoisotopic (exact) mass is 834 g/mol. The van der Waals surface area contributed by atoms with Crippen LogP contribution in [-0.2, 0) is 17.8 Å². The number of ether oxygens (including phenoxy) is 4. The standard InChI is InChI=1S/C41H42BrClF2N6O4/c1-25(31-6-4-16-46-39(31)49(19-26-7-11-29(52-2)12-8-26)20-27-9-13-30(53-3)14-10-27)51-22-32(54-23-41-15-5-17-50(41)21-28(44)18-41)55-38-33-37(47-24-48-40(33)51)35(43)34(42)36(38)45/h4,6-14,16,22,25,28,47H,5,15,17-21,23-24H2,1-3H3/t25?,28-,41+/m1/s1. The topological polar surface area (TPSA) is 83.9 Å². The summed E-state index contributed by atoms with van der Waals surface area (Å²) in [5.74, 6) is 2.08. The predicted octanol–water partition coefficient (Wildman–Crippen LogP) is 8.84. The maximum atomic E-state index is 16.2. The normalized spacial score (nSPS) is 20.6. The molecule has 3 atom stereocenters. The number of halogens is 4. The minimum absolute atomic E-state index is 0.0661. The molecule has 10 nitrogen and oxygen atoms in total. The Hall–Kier alpha value is -4.59. The molecule has 55 heavy (non-hydrogen) atoms. The highest BCUT2D eigenvalue weighted by atomic mass is 79.9. The SMILES string of the molecule is COc1ccc(CN(Cc2ccc(OC)cc2)c2ncccc2C(C)N2C=C(OC[C@@]34CCCN3C[C@H](F)C4)Oc3c(F)c(Br)c(Cl)c4c3C2=NCN4)cc1. The molecule has 1 N–H and O–H groups in total. The van der Waals surface area contributed by atoms with Crippen LogP contribution in [0, 0.1) is 5.82 Å². The zero-order valence-electron chi connectivity index (χ0n) is 30.8. The Balaban J connectivity index is 1.20. The van der Waals surface area contributed by atoms with Gasteiger partial charge in [-0.05, 0) is 83.7 Å². The van der Waals surface area contributed by atoms with Crippen LogP contribution in [-0.4, -0.2) is 72.9 Å². The van der Waals surface area contributed by atoms with Gasteiger partial charge in [0.2, 0.25) is 0 Å². The number of aliphatic imine (C=N–C) groups is 1. The third-order valence-corrected chi connectivity index (χ3v) is 12.3. The number of aromatic nitrogens is 1. The summed E-state index contributed by atoms with van der Waals surface area (Å²) in [6, 6.07) is 19.5. The number of amidine groups is 1. The van der Waals surface area contributed by atoms with Crippen molar-refractivity contribution in [2.45, 2.75) is 57.0 Å². The van der Waals surface area contributed by atoms with Crippen molar-refractivity contribution >= 4 is 44.9 Å². The Morgan fingerprint density at radius 2 is 1.76 bits per heavy atom. The number of rotatable bonds is 12. The van der Waals surface area contributed by atoms with E-state index in [0.29, 0.717) is 43.1 Å². The average Bonchev–Trinajstić information content (AvgIpc) is 3.68. The molecule has 0 radical (unpaired) electrons. The molecule has 1 unspecified atom stereocenters. The highest BCUT2D eigenvalue weighted by Gasteiger charge is 2.50. The van der Waals surface area contributed by atoms with E-state index in [1.165, 1.54) is 0 Å². The Labute approximate surface area is 332 Å². The molecular formula is C41H42BrClF2N6O4. The fraction of sp³-hybridized carbons (Fsp3) is 0.366. The number of methoxy groups -OCH3 is 2. The van der Waals surface area contributed by atoms with Crippen LogP contribution in [0.2, 0.25) is 5.02 Å². The first-order valence-corrected chi connectivity index (χ1v) is 19.5. The maximum Gasteiger partial charge on any atom is 0.302 e. The van der Waals surface area contributed by atoms with Gasteiger partial charge in [0.15, 0.2) is 11.6 Å². The molecule has 288 valence electrons. The number of fused-ring (bicyclic) bond motifs is 1. The molecule has 0 bridgehead atoms. The Morgan fingerprint density at radius 1 is 1.07 bits per heavy atom. The number of anilines is 2. The van der Waals surface area contributed by atoms with Crippen LogP contribution in [0.1, 0.15) is 54.5 Å². The van der Waals surface area contributed by atoms with Gasteiger partial charge in [-0.25, -0.2) is 18.8 Å². The van der Waals surface area contributed by atoms with Crippen LogP contribution in [0.25, 0.3) is 0 Å². The van der Waals surface area contributed by atoms with Crippen molar-refractivity contribution in [2.75, 3.05) is 50.8 Å². The lowest BCUT2D eigenvalue weighted by Crippen LogP contribution is -2.42. The van der Waals surface area contributed by atoms with Gasteiger partial charge >= 0.3 is 5.95 Å². The zero-order valence-corrected chi connectivity index (χ0v) is 33.2. The number of nitrogens with zero attached hydrogens (tertiary/aromatic N) is 5. The summed E-state index contributed by atoms with van der Waals surface area (Å²) in [5.41, 5.74) is 3.43. The van der Waals surface area contributed by atoms with E-state index < -0.39 is 23.6 Å². The number of pyridine rings is 1. The molecule has 0 spiro atoms. The van der Waals surface area contributed by atoms with Gasteiger partial charge < -0.3 is 34.1 Å². The first-order valence-electron chi connectivity index (χ1n) is 18.3. The predicted molar refractivity (Wildman–Crippen MR) is 212 cm³/mol. The van der Waals surface area contributed by atoms with Crippen molar-refractivity contribution in [1.82, 2.24) is 14.8 Å². The van der Waals surface area contributed by atoms with E-state index in [2.05, 4.69) is 31.0 Å². The fourth-order valence-corrected chi connectivity index (χ4v) is 8.80. The first kappa shape index (κ1) is 37.3. The van der Waals surface area contributed by atoms with E-state index in [0.717, 1.165) is 53.4 Å². The van der Waals surface area contributed by atoms with Crippen LogP contribution < -0.4 is 24.4 Å². The zero-order chi connectivity index (χ0) is 38.3. The van der Waals surface area contributed by atoms with E-state index in [-0.39, 0.29) is 34.5 Å². The lowest BCUT2D eigenvalue weighted by atomic mass is 9.95. The van der Waals surface area contributed by atoms with Gasteiger partial charge in [0.25, 0.3) is 0 Å². The van der Waals surface area contributed by atoms with Crippen LogP contribution in [0.15, 0.2) is 88.5 Å². The fourth-order valence-electron chi connectivity index (χ4n) is 8.17. The van der Waals surface area contributed by atoms with E-state index in [1.807, 2.05) is 72.5 Å². The van der Waals surface area contributed by atoms with Crippen LogP contribution in [0.5, 0.6) is 17.2 Å². The number of hydrogen-bond donors (Lipinski definition) is 1. The summed E-state index contributed by atoms with van der Waals surface area (Å²) in [7, 11) is 3.30. The summed E-state index contributed by atoms with van der Waals surface area (Å²) in [6.07, 6.45) is 4.73. The Kier molecular flexibility index (Phi) is 10.5. The van der Waals surface area contributed by atoms with E-state index in [4.69, 9.17) is 40.5 Å². The smallest absolute Gasteiger partial charge is 0.302 e. The summed E-state index contributed by atoms with van der Waals surface area (Å²) in [5, 5.41) is 3.40. The minimum Gasteiger partial charge on any atom is -0.497 e. The van der Waals surface area contributed by atoms with Crippen molar-refractivity contribution in [2.24, 2.45) is 4.99 Å². The third-order valence-electron chi connectivity index (χ3n) is 11.0. The largest absolute Gasteiger partial charge is 0.497 e. The van der Waals surface area contributed by atoms with Crippen LogP contribution in [0.3, 0.4) is 0 Å². The van der Waals surface area contributed by atoms with Gasteiger partial charge in [0.1, 0.15) is 42.6 Å². The molecule has 0 amide bonds. The molecule has 8 rings (SSSR count). The van der Waals surface area contributed by atoms with Gasteiger partial charge in [-0.15, -0.1) is 0 Å². The summed E-state index contributed by atoms with van der Waals surface area (Å²) < 4.78 is 54.7. The molecule has 1 aromatic heterocycles. The molecule has 3 aromatic carbocycles. The molecule has 2 fully saturated rings. The molecule has 0 saturated carbocycles. The van der Waals surface area contributed by atoms with Crippen LogP contribution in [0.4, 0.5) is 20.3 Å². The van der Waals surface area contributed by atoms with Crippen molar-refractivity contribution in [3.63, 3.8) is 0 Å². The van der Waals surface area contributed by atoms with Gasteiger partial charge in [-0.1, -0.05) is 41.9 Å². The molecule has 4 aliphatic rings. The molecular weight excluding hydrogens is 794 g/mol. The number of benzene rings is 3. The van der Waals surface area contributed by atoms with Crippen molar-refractivity contribution in [3.8, 4) is 17.2 Å². The average molecular weight is 836 g/mol. The number of nitrogens with one attached hydrogen (secondary N) is 1. The lowest BCUT2D eigenvalue weighted by Gasteiger charge is -2.34. The Bertz CT molecular complexity index is 2070. The molecule has 0 aliphatic carbocycles. The number of hydrogen-bond acceptors (Lipinski definition) is 10. The lowest BCUT2D eigenvalue weighted by molar-refractivity contribution is 0.0257. The highest BCUT2D eigenvalue weighted by molar-refractivity contribution is 9.10. The van der Waals surface area contributed by atoms with Gasteiger partial charge in [0.05, 0.1) is 52.7 Å². The second kappa shape index (κ2) is 15.5. The molecule has 2 saturated heterocycles. The first-order chi connectivity index (χ1) is 26.7. The van der Waals surface area contributed by atoms with E-state index in [9.17, 15) is 4.39 Å².